The molecular weight excluding hydrogens is 291 g/mol. The van der Waals surface area contributed by atoms with Gasteiger partial charge in [-0.2, -0.15) is 4.98 Å². The van der Waals surface area contributed by atoms with Gasteiger partial charge in [0.2, 0.25) is 5.95 Å². The second-order valence-corrected chi connectivity index (χ2v) is 5.97. The first-order chi connectivity index (χ1) is 9.00. The van der Waals surface area contributed by atoms with Crippen LogP contribution in [0.4, 0.5) is 5.95 Å². The maximum atomic E-state index is 12.6. The fourth-order valence-electron chi connectivity index (χ4n) is 1.64. The van der Waals surface area contributed by atoms with E-state index in [2.05, 4.69) is 15.0 Å². The molecule has 0 amide bonds. The number of aromatic nitrogens is 3. The molecule has 0 unspecified atom stereocenters. The lowest BCUT2D eigenvalue weighted by Gasteiger charge is -2.14. The summed E-state index contributed by atoms with van der Waals surface area (Å²) in [6.07, 6.45) is 0. The molecule has 0 bridgehead atoms. The minimum absolute atomic E-state index is 0.0357. The van der Waals surface area contributed by atoms with Crippen molar-refractivity contribution in [3.63, 3.8) is 0 Å². The van der Waals surface area contributed by atoms with E-state index in [9.17, 15) is 4.57 Å². The fraction of sp³-hybridized carbons (Fsp3) is 0.400. The second-order valence-electron chi connectivity index (χ2n) is 3.62. The summed E-state index contributed by atoms with van der Waals surface area (Å²) in [7, 11) is -3.40. The lowest BCUT2D eigenvalue weighted by Crippen LogP contribution is -2.11. The third-order valence-corrected chi connectivity index (χ3v) is 4.65. The van der Waals surface area contributed by atoms with E-state index in [1.165, 1.54) is 0 Å². The third-order valence-electron chi connectivity index (χ3n) is 2.34. The molecule has 0 fully saturated rings. The molecule has 0 aliphatic carbocycles. The van der Waals surface area contributed by atoms with Gasteiger partial charge in [-0.3, -0.25) is 4.57 Å². The van der Waals surface area contributed by atoms with Crippen molar-refractivity contribution >= 4 is 41.6 Å². The number of fused-ring (bicyclic) bond motifs is 1. The number of H-pyrrole nitrogens is 1. The van der Waals surface area contributed by atoms with Gasteiger partial charge in [0.05, 0.1) is 18.6 Å². The van der Waals surface area contributed by atoms with Gasteiger partial charge in [0.15, 0.2) is 0 Å². The van der Waals surface area contributed by atoms with E-state index in [4.69, 9.17) is 26.4 Å². The van der Waals surface area contributed by atoms with Crippen LogP contribution in [0.2, 0.25) is 5.15 Å². The average molecular weight is 305 g/mol. The maximum Gasteiger partial charge on any atom is 0.377 e. The minimum atomic E-state index is -3.40. The molecule has 7 nitrogen and oxygen atoms in total. The van der Waals surface area contributed by atoms with Crippen LogP contribution in [0.1, 0.15) is 13.8 Å². The Morgan fingerprint density at radius 3 is 2.58 bits per heavy atom. The number of nitrogens with one attached hydrogen (secondary N) is 1. The van der Waals surface area contributed by atoms with Gasteiger partial charge in [-0.15, -0.1) is 0 Å². The molecule has 3 N–H and O–H groups in total. The molecular formula is C10H14ClN4O3P. The fourth-order valence-corrected chi connectivity index (χ4v) is 3.43. The van der Waals surface area contributed by atoms with Gasteiger partial charge >= 0.3 is 7.60 Å². The topological polar surface area (TPSA) is 103 Å². The van der Waals surface area contributed by atoms with E-state index >= 15 is 0 Å². The van der Waals surface area contributed by atoms with Crippen molar-refractivity contribution in [1.82, 2.24) is 15.0 Å². The number of nitrogen functional groups attached to an aromatic ring is 1. The highest BCUT2D eigenvalue weighted by molar-refractivity contribution is 7.62. The quantitative estimate of drug-likeness (QED) is 0.647. The molecule has 0 aromatic carbocycles. The average Bonchev–Trinajstić information content (AvgIpc) is 2.74. The third kappa shape index (κ3) is 2.74. The Morgan fingerprint density at radius 1 is 1.37 bits per heavy atom. The highest BCUT2D eigenvalue weighted by atomic mass is 35.5. The molecule has 0 saturated carbocycles. The SMILES string of the molecule is CCOP(=O)(OCC)c1cc2c(Cl)nc(N)nc2[nH]1. The van der Waals surface area contributed by atoms with Gasteiger partial charge in [-0.05, 0) is 19.9 Å². The zero-order valence-corrected chi connectivity index (χ0v) is 12.2. The summed E-state index contributed by atoms with van der Waals surface area (Å²) < 4.78 is 23.1. The van der Waals surface area contributed by atoms with Crippen molar-refractivity contribution < 1.29 is 13.6 Å². The molecule has 2 rings (SSSR count). The zero-order valence-electron chi connectivity index (χ0n) is 10.5. The first-order valence-electron chi connectivity index (χ1n) is 5.71. The molecule has 2 aromatic heterocycles. The second kappa shape index (κ2) is 5.46. The molecule has 0 radical (unpaired) electrons. The Morgan fingerprint density at radius 2 is 2.00 bits per heavy atom. The number of nitrogens with zero attached hydrogens (tertiary/aromatic N) is 2. The van der Waals surface area contributed by atoms with Crippen LogP contribution in [0.3, 0.4) is 0 Å². The first kappa shape index (κ1) is 14.3. The predicted octanol–water partition coefficient (Wildman–Crippen LogP) is 2.08. The van der Waals surface area contributed by atoms with Crippen LogP contribution in [0.15, 0.2) is 6.07 Å². The minimum Gasteiger partial charge on any atom is -0.368 e. The molecule has 9 heteroatoms. The van der Waals surface area contributed by atoms with Crippen LogP contribution in [-0.2, 0) is 13.6 Å². The Kier molecular flexibility index (Phi) is 4.10. The summed E-state index contributed by atoms with van der Waals surface area (Å²) in [6.45, 7) is 3.99. The van der Waals surface area contributed by atoms with Gasteiger partial charge < -0.3 is 19.8 Å². The van der Waals surface area contributed by atoms with Crippen LogP contribution in [-0.4, -0.2) is 28.2 Å². The predicted molar refractivity (Wildman–Crippen MR) is 73.8 cm³/mol. The molecule has 0 aliphatic rings. The maximum absolute atomic E-state index is 12.6. The smallest absolute Gasteiger partial charge is 0.368 e. The Balaban J connectivity index is 2.55. The van der Waals surface area contributed by atoms with Gasteiger partial charge in [-0.25, -0.2) is 4.98 Å². The van der Waals surface area contributed by atoms with E-state index in [0.717, 1.165) is 0 Å². The number of anilines is 1. The number of halogens is 1. The molecule has 104 valence electrons. The summed E-state index contributed by atoms with van der Waals surface area (Å²) in [5, 5.41) is 0.704. The summed E-state index contributed by atoms with van der Waals surface area (Å²) in [4.78, 5) is 10.7. The van der Waals surface area contributed by atoms with Crippen LogP contribution in [0.25, 0.3) is 11.0 Å². The van der Waals surface area contributed by atoms with Crippen molar-refractivity contribution in [1.29, 1.82) is 0 Å². The van der Waals surface area contributed by atoms with E-state index in [-0.39, 0.29) is 29.8 Å². The molecule has 19 heavy (non-hydrogen) atoms. The molecule has 0 atom stereocenters. The van der Waals surface area contributed by atoms with Crippen LogP contribution in [0, 0.1) is 0 Å². The lowest BCUT2D eigenvalue weighted by atomic mass is 10.4. The molecule has 0 aliphatic heterocycles. The molecule has 2 aromatic rings. The van der Waals surface area contributed by atoms with Gasteiger partial charge in [0.25, 0.3) is 0 Å². The van der Waals surface area contributed by atoms with Crippen molar-refractivity contribution in [3.05, 3.63) is 11.2 Å². The highest BCUT2D eigenvalue weighted by Gasteiger charge is 2.29. The number of nitrogens with two attached hydrogens (primary N) is 1. The number of hydrogen-bond donors (Lipinski definition) is 2. The Labute approximate surface area is 115 Å². The lowest BCUT2D eigenvalue weighted by molar-refractivity contribution is 0.229. The molecule has 0 spiro atoms. The summed E-state index contributed by atoms with van der Waals surface area (Å²) in [5.74, 6) is 0.0357. The summed E-state index contributed by atoms with van der Waals surface area (Å²) in [5.41, 5.74) is 6.18. The number of rotatable bonds is 5. The zero-order chi connectivity index (χ0) is 14.0. The van der Waals surface area contributed by atoms with Crippen LogP contribution >= 0.6 is 19.2 Å². The van der Waals surface area contributed by atoms with Crippen molar-refractivity contribution in [2.24, 2.45) is 0 Å². The van der Waals surface area contributed by atoms with Gasteiger partial charge in [-0.1, -0.05) is 11.6 Å². The van der Waals surface area contributed by atoms with Crippen molar-refractivity contribution in [3.8, 4) is 0 Å². The summed E-state index contributed by atoms with van der Waals surface area (Å²) >= 11 is 5.96. The largest absolute Gasteiger partial charge is 0.377 e. The van der Waals surface area contributed by atoms with E-state index in [1.807, 2.05) is 0 Å². The normalized spacial score (nSPS) is 12.2. The van der Waals surface area contributed by atoms with Crippen LogP contribution < -0.4 is 11.2 Å². The van der Waals surface area contributed by atoms with Gasteiger partial charge in [0, 0.05) is 0 Å². The van der Waals surface area contributed by atoms with Crippen LogP contribution in [0.5, 0.6) is 0 Å². The molecule has 0 saturated heterocycles. The Bertz CT molecular complexity index is 635. The van der Waals surface area contributed by atoms with Gasteiger partial charge in [0.1, 0.15) is 16.2 Å². The monoisotopic (exact) mass is 304 g/mol. The standard InChI is InChI=1S/C10H14ClN4O3P/c1-3-17-19(16,18-4-2)7-5-6-8(11)14-10(12)15-9(6)13-7/h5H,3-4H2,1-2H3,(H3,12,13,14,15). The van der Waals surface area contributed by atoms with E-state index < -0.39 is 7.60 Å². The van der Waals surface area contributed by atoms with Crippen molar-refractivity contribution in [2.45, 2.75) is 13.8 Å². The molecule has 2 heterocycles. The first-order valence-corrected chi connectivity index (χ1v) is 7.63. The highest BCUT2D eigenvalue weighted by Crippen LogP contribution is 2.47. The van der Waals surface area contributed by atoms with E-state index in [0.29, 0.717) is 11.0 Å². The number of hydrogen-bond acceptors (Lipinski definition) is 6. The summed E-state index contributed by atoms with van der Waals surface area (Å²) in [6, 6.07) is 1.56. The number of aromatic amines is 1. The Hall–Kier alpha value is -1.14. The van der Waals surface area contributed by atoms with E-state index in [1.54, 1.807) is 19.9 Å². The van der Waals surface area contributed by atoms with Crippen molar-refractivity contribution in [2.75, 3.05) is 18.9 Å².